The van der Waals surface area contributed by atoms with Crippen LogP contribution in [-0.4, -0.2) is 125 Å². The molecule has 0 spiro atoms. The molecule has 0 aliphatic heterocycles. The van der Waals surface area contributed by atoms with Crippen LogP contribution in [0.25, 0.3) is 0 Å². The van der Waals surface area contributed by atoms with Gasteiger partial charge in [-0.25, -0.2) is 4.79 Å². The van der Waals surface area contributed by atoms with Gasteiger partial charge in [-0.15, -0.1) is 0 Å². The molecule has 0 heterocycles. The van der Waals surface area contributed by atoms with Gasteiger partial charge in [0.25, 0.3) is 0 Å². The van der Waals surface area contributed by atoms with E-state index in [1.807, 2.05) is 18.2 Å². The number of esters is 1. The third kappa shape index (κ3) is 19.8. The van der Waals surface area contributed by atoms with Crippen LogP contribution in [0.5, 0.6) is 5.75 Å². The standard InChI is InChI=1S/C37H56O11/c1-32(2)36(38)48-31-29-46-27-25-44-23-21-42-19-17-40-15-14-39-16-18-41-20-22-43-24-26-45-28-30-47-35-12-10-34(11-13-35)37(3,4)33-8-6-5-7-9-33/h5-13H,1,14-31H2,2-4H3. The predicted octanol–water partition coefficient (Wildman–Crippen LogP) is 4.64. The Morgan fingerprint density at radius 1 is 0.500 bits per heavy atom. The SMILES string of the molecule is C=C(C)C(=O)OCCOCCOCCOCCOCCOCCOCCOCCOCCOc1ccc(C(C)(C)c2ccccc2)cc1. The van der Waals surface area contributed by atoms with Crippen molar-refractivity contribution in [2.75, 3.05) is 119 Å². The summed E-state index contributed by atoms with van der Waals surface area (Å²) in [7, 11) is 0. The lowest BCUT2D eigenvalue weighted by molar-refractivity contribution is -0.140. The number of carbonyl (C=O) groups is 1. The zero-order valence-electron chi connectivity index (χ0n) is 29.1. The molecule has 11 nitrogen and oxygen atoms in total. The third-order valence-electron chi connectivity index (χ3n) is 6.98. The lowest BCUT2D eigenvalue weighted by Crippen LogP contribution is -2.18. The van der Waals surface area contributed by atoms with E-state index in [2.05, 4.69) is 56.8 Å². The average molecular weight is 677 g/mol. The molecule has 0 aliphatic carbocycles. The molecule has 0 fully saturated rings. The maximum absolute atomic E-state index is 11.2. The zero-order chi connectivity index (χ0) is 34.5. The summed E-state index contributed by atoms with van der Waals surface area (Å²) in [6, 6.07) is 18.8. The van der Waals surface area contributed by atoms with Gasteiger partial charge in [0.15, 0.2) is 0 Å². The second-order valence-corrected chi connectivity index (χ2v) is 11.2. The highest BCUT2D eigenvalue weighted by Gasteiger charge is 2.22. The van der Waals surface area contributed by atoms with Crippen LogP contribution in [0.4, 0.5) is 0 Å². The summed E-state index contributed by atoms with van der Waals surface area (Å²) in [4.78, 5) is 11.2. The van der Waals surface area contributed by atoms with Gasteiger partial charge in [-0.3, -0.25) is 0 Å². The van der Waals surface area contributed by atoms with E-state index < -0.39 is 5.97 Å². The minimum absolute atomic E-state index is 0.0700. The molecule has 0 aromatic heterocycles. The molecule has 0 N–H and O–H groups in total. The fraction of sp³-hybridized carbons (Fsp3) is 0.595. The third-order valence-corrected chi connectivity index (χ3v) is 6.98. The van der Waals surface area contributed by atoms with E-state index in [9.17, 15) is 4.79 Å². The molecule has 0 atom stereocenters. The van der Waals surface area contributed by atoms with Crippen LogP contribution in [-0.2, 0) is 52.8 Å². The van der Waals surface area contributed by atoms with Gasteiger partial charge >= 0.3 is 5.97 Å². The maximum Gasteiger partial charge on any atom is 0.333 e. The molecule has 2 rings (SSSR count). The van der Waals surface area contributed by atoms with Gasteiger partial charge in [-0.05, 0) is 30.2 Å². The molecule has 0 saturated heterocycles. The Morgan fingerprint density at radius 2 is 0.833 bits per heavy atom. The van der Waals surface area contributed by atoms with Crippen LogP contribution in [0.3, 0.4) is 0 Å². The van der Waals surface area contributed by atoms with Gasteiger partial charge < -0.3 is 47.4 Å². The molecule has 11 heteroatoms. The Bertz CT molecular complexity index is 1080. The van der Waals surface area contributed by atoms with E-state index in [1.165, 1.54) is 11.1 Å². The van der Waals surface area contributed by atoms with E-state index in [1.54, 1.807) is 6.92 Å². The minimum atomic E-state index is -0.412. The molecule has 270 valence electrons. The number of carbonyl (C=O) groups excluding carboxylic acids is 1. The van der Waals surface area contributed by atoms with Crippen molar-refractivity contribution in [2.45, 2.75) is 26.2 Å². The first-order chi connectivity index (χ1) is 23.4. The fourth-order valence-electron chi connectivity index (χ4n) is 4.17. The van der Waals surface area contributed by atoms with Crippen LogP contribution in [0.2, 0.25) is 0 Å². The summed E-state index contributed by atoms with van der Waals surface area (Å²) >= 11 is 0. The molecule has 0 radical (unpaired) electrons. The van der Waals surface area contributed by atoms with Crippen molar-refractivity contribution >= 4 is 5.97 Å². The molecule has 0 amide bonds. The Balaban J connectivity index is 1.25. The quantitative estimate of drug-likeness (QED) is 0.0633. The number of rotatable bonds is 31. The Hall–Kier alpha value is -2.87. The van der Waals surface area contributed by atoms with Gasteiger partial charge in [-0.1, -0.05) is 62.9 Å². The maximum atomic E-state index is 11.2. The van der Waals surface area contributed by atoms with Crippen molar-refractivity contribution in [1.82, 2.24) is 0 Å². The van der Waals surface area contributed by atoms with Crippen molar-refractivity contribution in [3.05, 3.63) is 77.9 Å². The van der Waals surface area contributed by atoms with Crippen molar-refractivity contribution in [3.63, 3.8) is 0 Å². The van der Waals surface area contributed by atoms with Crippen molar-refractivity contribution in [1.29, 1.82) is 0 Å². The highest BCUT2D eigenvalue weighted by Crippen LogP contribution is 2.32. The second-order valence-electron chi connectivity index (χ2n) is 11.2. The van der Waals surface area contributed by atoms with Crippen molar-refractivity contribution in [3.8, 4) is 5.75 Å². The molecule has 2 aromatic carbocycles. The van der Waals surface area contributed by atoms with E-state index >= 15 is 0 Å². The monoisotopic (exact) mass is 676 g/mol. The van der Waals surface area contributed by atoms with Gasteiger partial charge in [0.1, 0.15) is 19.0 Å². The largest absolute Gasteiger partial charge is 0.491 e. The van der Waals surface area contributed by atoms with Crippen LogP contribution < -0.4 is 4.74 Å². The van der Waals surface area contributed by atoms with Crippen molar-refractivity contribution in [2.24, 2.45) is 0 Å². The summed E-state index contributed by atoms with van der Waals surface area (Å²) in [6.07, 6.45) is 0. The van der Waals surface area contributed by atoms with Crippen LogP contribution in [0, 0.1) is 0 Å². The molecule has 48 heavy (non-hydrogen) atoms. The topological polar surface area (TPSA) is 109 Å². The van der Waals surface area contributed by atoms with Gasteiger partial charge in [0.2, 0.25) is 0 Å². The average Bonchev–Trinajstić information content (AvgIpc) is 3.09. The number of ether oxygens (including phenoxy) is 10. The van der Waals surface area contributed by atoms with Crippen molar-refractivity contribution < 1.29 is 52.2 Å². The summed E-state index contributed by atoms with van der Waals surface area (Å²) in [6.45, 7) is 17.9. The highest BCUT2D eigenvalue weighted by molar-refractivity contribution is 5.86. The normalized spacial score (nSPS) is 11.5. The smallest absolute Gasteiger partial charge is 0.333 e. The number of hydrogen-bond donors (Lipinski definition) is 0. The first-order valence-electron chi connectivity index (χ1n) is 16.6. The molecule has 0 aliphatic rings. The zero-order valence-corrected chi connectivity index (χ0v) is 29.1. The molecule has 2 aromatic rings. The second kappa shape index (κ2) is 27.0. The lowest BCUT2D eigenvalue weighted by Gasteiger charge is -2.26. The molecular formula is C37H56O11. The summed E-state index contributed by atoms with van der Waals surface area (Å²) < 4.78 is 54.5. The number of benzene rings is 2. The van der Waals surface area contributed by atoms with Crippen LogP contribution in [0.15, 0.2) is 66.7 Å². The number of hydrogen-bond acceptors (Lipinski definition) is 11. The lowest BCUT2D eigenvalue weighted by atomic mass is 9.78. The van der Waals surface area contributed by atoms with E-state index in [4.69, 9.17) is 47.4 Å². The Morgan fingerprint density at radius 3 is 1.21 bits per heavy atom. The predicted molar refractivity (Wildman–Crippen MR) is 183 cm³/mol. The summed E-state index contributed by atoms with van der Waals surface area (Å²) in [5, 5.41) is 0. The first-order valence-corrected chi connectivity index (χ1v) is 16.6. The van der Waals surface area contributed by atoms with Gasteiger partial charge in [0, 0.05) is 11.0 Å². The van der Waals surface area contributed by atoms with E-state index in [-0.39, 0.29) is 12.0 Å². The van der Waals surface area contributed by atoms with Crippen LogP contribution >= 0.6 is 0 Å². The Labute approximate surface area is 286 Å². The Kier molecular flexibility index (Phi) is 23.2. The molecule has 0 bridgehead atoms. The van der Waals surface area contributed by atoms with E-state index in [0.717, 1.165) is 5.75 Å². The van der Waals surface area contributed by atoms with E-state index in [0.29, 0.717) is 118 Å². The van der Waals surface area contributed by atoms with Gasteiger partial charge in [-0.2, -0.15) is 0 Å². The fourth-order valence-corrected chi connectivity index (χ4v) is 4.17. The van der Waals surface area contributed by atoms with Gasteiger partial charge in [0.05, 0.1) is 106 Å². The summed E-state index contributed by atoms with van der Waals surface area (Å²) in [5.74, 6) is 0.420. The first kappa shape index (κ1) is 41.3. The molecular weight excluding hydrogens is 620 g/mol. The molecule has 0 unspecified atom stereocenters. The molecule has 0 saturated carbocycles. The summed E-state index contributed by atoms with van der Waals surface area (Å²) in [5.41, 5.74) is 2.83. The van der Waals surface area contributed by atoms with Crippen LogP contribution in [0.1, 0.15) is 31.9 Å². The highest BCUT2D eigenvalue weighted by atomic mass is 16.6. The minimum Gasteiger partial charge on any atom is -0.491 e.